The summed E-state index contributed by atoms with van der Waals surface area (Å²) in [7, 11) is 0. The number of hydrogen-bond acceptors (Lipinski definition) is 8. The van der Waals surface area contributed by atoms with E-state index in [-0.39, 0.29) is 23.8 Å². The highest BCUT2D eigenvalue weighted by Gasteiger charge is 2.31. The summed E-state index contributed by atoms with van der Waals surface area (Å²) in [4.78, 5) is 60.6. The van der Waals surface area contributed by atoms with Gasteiger partial charge in [-0.2, -0.15) is 12.6 Å². The molecule has 188 valence electrons. The van der Waals surface area contributed by atoms with Crippen molar-refractivity contribution in [3.8, 4) is 5.75 Å². The van der Waals surface area contributed by atoms with Gasteiger partial charge >= 0.3 is 5.97 Å². The molecule has 0 fully saturated rings. The van der Waals surface area contributed by atoms with Gasteiger partial charge in [0, 0.05) is 12.2 Å². The second-order valence-electron chi connectivity index (χ2n) is 8.02. The van der Waals surface area contributed by atoms with Crippen LogP contribution in [0.4, 0.5) is 0 Å². The molecule has 0 aliphatic rings. The fourth-order valence-corrected chi connectivity index (χ4v) is 3.04. The van der Waals surface area contributed by atoms with Crippen LogP contribution in [-0.4, -0.2) is 69.7 Å². The van der Waals surface area contributed by atoms with E-state index in [1.54, 1.807) is 13.8 Å². The van der Waals surface area contributed by atoms with Crippen LogP contribution in [0.5, 0.6) is 5.75 Å². The lowest BCUT2D eigenvalue weighted by molar-refractivity contribution is -0.142. The molecule has 0 saturated heterocycles. The van der Waals surface area contributed by atoms with E-state index in [4.69, 9.17) is 11.5 Å². The maximum atomic E-state index is 12.7. The Morgan fingerprint density at radius 3 is 1.88 bits per heavy atom. The molecule has 13 heteroatoms. The third kappa shape index (κ3) is 9.27. The number of amides is 4. The zero-order chi connectivity index (χ0) is 26.0. The molecule has 0 aliphatic heterocycles. The summed E-state index contributed by atoms with van der Waals surface area (Å²) in [6.45, 7) is 3.40. The monoisotopic (exact) mass is 497 g/mol. The molecule has 0 saturated carbocycles. The van der Waals surface area contributed by atoms with Crippen LogP contribution >= 0.6 is 12.6 Å². The number of rotatable bonds is 13. The summed E-state index contributed by atoms with van der Waals surface area (Å²) < 4.78 is 0. The lowest BCUT2D eigenvalue weighted by atomic mass is 10.0. The van der Waals surface area contributed by atoms with Crippen LogP contribution in [0.2, 0.25) is 0 Å². The van der Waals surface area contributed by atoms with Gasteiger partial charge in [0.25, 0.3) is 0 Å². The minimum atomic E-state index is -1.39. The molecule has 9 N–H and O–H groups in total. The topological polar surface area (TPSA) is 214 Å². The van der Waals surface area contributed by atoms with Crippen LogP contribution in [0.15, 0.2) is 24.3 Å². The van der Waals surface area contributed by atoms with Crippen LogP contribution in [0.1, 0.15) is 25.8 Å². The minimum Gasteiger partial charge on any atom is -0.508 e. The van der Waals surface area contributed by atoms with Crippen LogP contribution < -0.4 is 27.4 Å². The van der Waals surface area contributed by atoms with Crippen molar-refractivity contribution in [3.63, 3.8) is 0 Å². The second-order valence-corrected chi connectivity index (χ2v) is 8.38. The summed E-state index contributed by atoms with van der Waals surface area (Å²) in [5.74, 6) is -5.02. The van der Waals surface area contributed by atoms with E-state index in [2.05, 4.69) is 28.6 Å². The first-order valence-electron chi connectivity index (χ1n) is 10.4. The van der Waals surface area contributed by atoms with Crippen molar-refractivity contribution in [2.45, 2.75) is 50.9 Å². The first kappa shape index (κ1) is 28.7. The Kier molecular flexibility index (Phi) is 11.3. The average Bonchev–Trinajstić information content (AvgIpc) is 2.76. The lowest BCUT2D eigenvalue weighted by Crippen LogP contribution is -2.58. The number of phenolic OH excluding ortho intramolecular Hbond substituents is 1. The highest BCUT2D eigenvalue weighted by Crippen LogP contribution is 2.11. The van der Waals surface area contributed by atoms with Crippen molar-refractivity contribution in [2.24, 2.45) is 17.4 Å². The number of carbonyl (C=O) groups excluding carboxylic acids is 4. The quantitative estimate of drug-likeness (QED) is 0.146. The Morgan fingerprint density at radius 1 is 0.912 bits per heavy atom. The van der Waals surface area contributed by atoms with Crippen molar-refractivity contribution < 1.29 is 34.2 Å². The first-order chi connectivity index (χ1) is 15.8. The zero-order valence-corrected chi connectivity index (χ0v) is 19.7. The van der Waals surface area contributed by atoms with Crippen LogP contribution in [0.25, 0.3) is 0 Å². The Morgan fingerprint density at radius 2 is 1.41 bits per heavy atom. The van der Waals surface area contributed by atoms with E-state index in [1.165, 1.54) is 24.3 Å². The zero-order valence-electron chi connectivity index (χ0n) is 18.9. The van der Waals surface area contributed by atoms with E-state index < -0.39 is 60.2 Å². The molecule has 34 heavy (non-hydrogen) atoms. The van der Waals surface area contributed by atoms with Crippen molar-refractivity contribution in [3.05, 3.63) is 29.8 Å². The number of carboxylic acids is 1. The van der Waals surface area contributed by atoms with E-state index >= 15 is 0 Å². The van der Waals surface area contributed by atoms with Crippen molar-refractivity contribution >= 4 is 42.2 Å². The summed E-state index contributed by atoms with van der Waals surface area (Å²) >= 11 is 4.03. The fraction of sp³-hybridized carbons (Fsp3) is 0.476. The van der Waals surface area contributed by atoms with Gasteiger partial charge in [-0.25, -0.2) is 4.79 Å². The van der Waals surface area contributed by atoms with Crippen LogP contribution in [-0.2, 0) is 30.4 Å². The van der Waals surface area contributed by atoms with Gasteiger partial charge in [0.1, 0.15) is 23.9 Å². The van der Waals surface area contributed by atoms with Crippen LogP contribution in [0, 0.1) is 5.92 Å². The van der Waals surface area contributed by atoms with Gasteiger partial charge < -0.3 is 37.6 Å². The third-order valence-corrected chi connectivity index (χ3v) is 5.23. The number of carbonyl (C=O) groups is 5. The predicted octanol–water partition coefficient (Wildman–Crippen LogP) is -1.74. The summed E-state index contributed by atoms with van der Waals surface area (Å²) in [5.41, 5.74) is 11.5. The number of aliphatic carboxylic acids is 1. The number of nitrogens with two attached hydrogens (primary N) is 2. The first-order valence-corrected chi connectivity index (χ1v) is 11.1. The van der Waals surface area contributed by atoms with Crippen molar-refractivity contribution in [1.82, 2.24) is 16.0 Å². The SMILES string of the molecule is CC(C)C(N)C(=O)NC(CC(N)=O)C(=O)NC(CS)C(=O)NC(Cc1ccc(O)cc1)C(=O)O. The van der Waals surface area contributed by atoms with Crippen molar-refractivity contribution in [1.29, 1.82) is 0 Å². The van der Waals surface area contributed by atoms with Gasteiger partial charge in [-0.3, -0.25) is 19.2 Å². The molecule has 0 spiro atoms. The van der Waals surface area contributed by atoms with Gasteiger partial charge in [0.2, 0.25) is 23.6 Å². The molecule has 0 radical (unpaired) electrons. The Labute approximate surface area is 202 Å². The maximum Gasteiger partial charge on any atom is 0.326 e. The Hall–Kier alpha value is -3.32. The largest absolute Gasteiger partial charge is 0.508 e. The minimum absolute atomic E-state index is 0.00414. The summed E-state index contributed by atoms with van der Waals surface area (Å²) in [5, 5.41) is 25.8. The number of nitrogens with one attached hydrogen (secondary N) is 3. The fourth-order valence-electron chi connectivity index (χ4n) is 2.79. The summed E-state index contributed by atoms with van der Waals surface area (Å²) in [6, 6.07) is 0.837. The number of primary amides is 1. The molecule has 4 atom stereocenters. The molecule has 0 bridgehead atoms. The second kappa shape index (κ2) is 13.4. The number of benzene rings is 1. The molecule has 0 aromatic heterocycles. The molecule has 1 rings (SSSR count). The smallest absolute Gasteiger partial charge is 0.326 e. The van der Waals surface area contributed by atoms with Gasteiger partial charge in [-0.1, -0.05) is 26.0 Å². The van der Waals surface area contributed by atoms with Gasteiger partial charge in [-0.15, -0.1) is 0 Å². The molecular formula is C21H31N5O7S. The number of aromatic hydroxyl groups is 1. The molecule has 1 aromatic rings. The predicted molar refractivity (Wildman–Crippen MR) is 126 cm³/mol. The normalized spacial score (nSPS) is 14.4. The highest BCUT2D eigenvalue weighted by atomic mass is 32.1. The highest BCUT2D eigenvalue weighted by molar-refractivity contribution is 7.80. The molecule has 12 nitrogen and oxygen atoms in total. The number of carboxylic acid groups (broad SMARTS) is 1. The molecule has 4 unspecified atom stereocenters. The van der Waals surface area contributed by atoms with Crippen molar-refractivity contribution in [2.75, 3.05) is 5.75 Å². The Balaban J connectivity index is 2.90. The maximum absolute atomic E-state index is 12.7. The number of hydrogen-bond donors (Lipinski definition) is 8. The molecule has 1 aromatic carbocycles. The molecule has 4 amide bonds. The molecule has 0 aliphatic carbocycles. The standard InChI is InChI=1S/C21H31N5O7S/c1-10(2)17(23)20(31)24-13(8-16(22)28)18(29)26-15(9-34)19(30)25-14(21(32)33)7-11-3-5-12(27)6-4-11/h3-6,10,13-15,17,27,34H,7-9,23H2,1-2H3,(H2,22,28)(H,24,31)(H,25,30)(H,26,29)(H,32,33). The van der Waals surface area contributed by atoms with Gasteiger partial charge in [0.05, 0.1) is 12.5 Å². The molecular weight excluding hydrogens is 466 g/mol. The van der Waals surface area contributed by atoms with E-state index in [1.807, 2.05) is 0 Å². The third-order valence-electron chi connectivity index (χ3n) is 4.87. The number of phenols is 1. The molecule has 0 heterocycles. The van der Waals surface area contributed by atoms with E-state index in [0.29, 0.717) is 5.56 Å². The average molecular weight is 498 g/mol. The Bertz CT molecular complexity index is 894. The summed E-state index contributed by atoms with van der Waals surface area (Å²) in [6.07, 6.45) is -0.621. The van der Waals surface area contributed by atoms with Gasteiger partial charge in [0.15, 0.2) is 0 Å². The van der Waals surface area contributed by atoms with E-state index in [9.17, 15) is 34.2 Å². The lowest BCUT2D eigenvalue weighted by Gasteiger charge is -2.24. The van der Waals surface area contributed by atoms with Crippen LogP contribution in [0.3, 0.4) is 0 Å². The number of thiol groups is 1. The van der Waals surface area contributed by atoms with Gasteiger partial charge in [-0.05, 0) is 23.6 Å². The van der Waals surface area contributed by atoms with E-state index in [0.717, 1.165) is 0 Å².